The van der Waals surface area contributed by atoms with E-state index in [0.717, 1.165) is 18.9 Å². The van der Waals surface area contributed by atoms with Gasteiger partial charge in [-0.1, -0.05) is 30.3 Å². The van der Waals surface area contributed by atoms with Crippen molar-refractivity contribution in [2.75, 3.05) is 40.5 Å². The summed E-state index contributed by atoms with van der Waals surface area (Å²) in [4.78, 5) is 22.0. The number of rotatable bonds is 7. The molecule has 1 aliphatic heterocycles. The molecule has 1 fully saturated rings. The molecule has 0 bridgehead atoms. The molecule has 0 aliphatic carbocycles. The first-order chi connectivity index (χ1) is 19.7. The maximum atomic E-state index is 14.4. The number of alkyl halides is 3. The number of aromatic nitrogens is 3. The van der Waals surface area contributed by atoms with Crippen LogP contribution in [0.5, 0.6) is 11.5 Å². The van der Waals surface area contributed by atoms with E-state index in [4.69, 9.17) is 9.47 Å². The second-order valence-corrected chi connectivity index (χ2v) is 9.81. The highest BCUT2D eigenvalue weighted by Crippen LogP contribution is 2.42. The second kappa shape index (κ2) is 11.4. The molecule has 9 nitrogen and oxygen atoms in total. The van der Waals surface area contributed by atoms with Gasteiger partial charge in [-0.25, -0.2) is 9.50 Å². The summed E-state index contributed by atoms with van der Waals surface area (Å²) in [6.07, 6.45) is -3.73. The predicted molar refractivity (Wildman–Crippen MR) is 145 cm³/mol. The zero-order valence-electron chi connectivity index (χ0n) is 22.8. The number of halogens is 3. The second-order valence-electron chi connectivity index (χ2n) is 9.81. The maximum absolute atomic E-state index is 14.4. The van der Waals surface area contributed by atoms with Crippen molar-refractivity contribution in [3.63, 3.8) is 0 Å². The summed E-state index contributed by atoms with van der Waals surface area (Å²) >= 11 is 0. The fraction of sp³-hybridized carbons (Fsp3) is 0.345. The van der Waals surface area contributed by atoms with Gasteiger partial charge in [0.05, 0.1) is 33.1 Å². The van der Waals surface area contributed by atoms with Crippen LogP contribution in [0.2, 0.25) is 0 Å². The molecule has 1 saturated heterocycles. The van der Waals surface area contributed by atoms with Gasteiger partial charge in [0.25, 0.3) is 5.91 Å². The summed E-state index contributed by atoms with van der Waals surface area (Å²) in [5.74, 6) is -0.456. The quantitative estimate of drug-likeness (QED) is 0.355. The van der Waals surface area contributed by atoms with Gasteiger partial charge < -0.3 is 19.5 Å². The Hall–Kier alpha value is -4.16. The number of benzene rings is 2. The van der Waals surface area contributed by atoms with Gasteiger partial charge in [0, 0.05) is 31.2 Å². The monoisotopic (exact) mass is 569 g/mol. The van der Waals surface area contributed by atoms with E-state index < -0.39 is 23.5 Å². The number of ether oxygens (including phenoxy) is 2. The molecule has 5 rings (SSSR count). The SMILES string of the molecule is COc1ccc(-c2nc3c(C(=O)N4CCN([C@@H](CO)c5ccccc5)C[C@H]4C)cnn3c(C(F)(F)F)c2OC)cc1. The van der Waals surface area contributed by atoms with Crippen LogP contribution in [0, 0.1) is 0 Å². The largest absolute Gasteiger partial charge is 0.497 e. The number of hydrogen-bond donors (Lipinski definition) is 1. The van der Waals surface area contributed by atoms with E-state index in [2.05, 4.69) is 15.0 Å². The Morgan fingerprint density at radius 3 is 2.37 bits per heavy atom. The lowest BCUT2D eigenvalue weighted by atomic mass is 10.0. The van der Waals surface area contributed by atoms with E-state index in [1.807, 2.05) is 37.3 Å². The summed E-state index contributed by atoms with van der Waals surface area (Å²) in [5.41, 5.74) is -0.185. The summed E-state index contributed by atoms with van der Waals surface area (Å²) in [6, 6.07) is 15.4. The average molecular weight is 570 g/mol. The summed E-state index contributed by atoms with van der Waals surface area (Å²) in [6.45, 7) is 3.04. The van der Waals surface area contributed by atoms with E-state index in [9.17, 15) is 23.1 Å². The first-order valence-corrected chi connectivity index (χ1v) is 13.1. The van der Waals surface area contributed by atoms with E-state index in [-0.39, 0.29) is 35.6 Å². The lowest BCUT2D eigenvalue weighted by molar-refractivity contribution is -0.143. The normalized spacial score (nSPS) is 17.0. The molecule has 12 heteroatoms. The molecule has 2 aromatic carbocycles. The van der Waals surface area contributed by atoms with Gasteiger partial charge in [-0.15, -0.1) is 0 Å². The zero-order chi connectivity index (χ0) is 29.3. The number of piperazine rings is 1. The third-order valence-electron chi connectivity index (χ3n) is 7.39. The molecule has 0 spiro atoms. The van der Waals surface area contributed by atoms with Crippen LogP contribution >= 0.6 is 0 Å². The third kappa shape index (κ3) is 5.32. The van der Waals surface area contributed by atoms with Crippen molar-refractivity contribution >= 4 is 11.6 Å². The van der Waals surface area contributed by atoms with Crippen molar-refractivity contribution < 1.29 is 32.5 Å². The molecule has 0 radical (unpaired) electrons. The Morgan fingerprint density at radius 2 is 1.78 bits per heavy atom. The zero-order valence-corrected chi connectivity index (χ0v) is 22.8. The predicted octanol–water partition coefficient (Wildman–Crippen LogP) is 4.31. The Labute approximate surface area is 234 Å². The van der Waals surface area contributed by atoms with Gasteiger partial charge in [-0.2, -0.15) is 18.3 Å². The molecule has 1 amide bonds. The van der Waals surface area contributed by atoms with E-state index in [0.29, 0.717) is 35.5 Å². The molecule has 3 heterocycles. The van der Waals surface area contributed by atoms with Crippen molar-refractivity contribution in [1.82, 2.24) is 24.4 Å². The smallest absolute Gasteiger partial charge is 0.437 e. The topological polar surface area (TPSA) is 92.4 Å². The maximum Gasteiger partial charge on any atom is 0.437 e. The molecular weight excluding hydrogens is 539 g/mol. The first-order valence-electron chi connectivity index (χ1n) is 13.1. The number of carbonyl (C=O) groups excluding carboxylic acids is 1. The lowest BCUT2D eigenvalue weighted by Crippen LogP contribution is -2.55. The van der Waals surface area contributed by atoms with Gasteiger partial charge in [-0.3, -0.25) is 9.69 Å². The molecule has 0 unspecified atom stereocenters. The number of fused-ring (bicyclic) bond motifs is 1. The van der Waals surface area contributed by atoms with Crippen LogP contribution in [-0.4, -0.2) is 81.9 Å². The van der Waals surface area contributed by atoms with Crippen molar-refractivity contribution in [2.24, 2.45) is 0 Å². The summed E-state index contributed by atoms with van der Waals surface area (Å²) in [5, 5.41) is 14.0. The van der Waals surface area contributed by atoms with Crippen LogP contribution in [0.15, 0.2) is 60.8 Å². The lowest BCUT2D eigenvalue weighted by Gasteiger charge is -2.43. The highest BCUT2D eigenvalue weighted by molar-refractivity contribution is 6.00. The van der Waals surface area contributed by atoms with E-state index >= 15 is 0 Å². The van der Waals surface area contributed by atoms with E-state index in [1.165, 1.54) is 7.11 Å². The standard InChI is InChI=1S/C29H30F3N5O4/c1-18-16-35(23(17-38)19-7-5-4-6-8-19)13-14-36(18)28(39)22-15-33-37-26(29(30,31)32)25(41-3)24(34-27(22)37)20-9-11-21(40-2)12-10-20/h4-12,15,18,23,38H,13-14,16-17H2,1-3H3/t18-,23+/m1/s1. The molecular formula is C29H30F3N5O4. The minimum absolute atomic E-state index is 0.0463. The minimum atomic E-state index is -4.85. The molecule has 2 atom stereocenters. The van der Waals surface area contributed by atoms with Crippen molar-refractivity contribution in [3.8, 4) is 22.8 Å². The molecule has 1 N–H and O–H groups in total. The van der Waals surface area contributed by atoms with Crippen molar-refractivity contribution in [1.29, 1.82) is 0 Å². The summed E-state index contributed by atoms with van der Waals surface area (Å²) < 4.78 is 54.2. The van der Waals surface area contributed by atoms with Gasteiger partial charge in [0.1, 0.15) is 17.0 Å². The first kappa shape index (κ1) is 28.4. The molecule has 216 valence electrons. The number of carbonyl (C=O) groups is 1. The molecule has 1 aliphatic rings. The van der Waals surface area contributed by atoms with Crippen LogP contribution in [0.1, 0.15) is 34.6 Å². The van der Waals surface area contributed by atoms with Gasteiger partial charge in [0.15, 0.2) is 17.1 Å². The third-order valence-corrected chi connectivity index (χ3v) is 7.39. The Balaban J connectivity index is 1.52. The molecule has 4 aromatic rings. The van der Waals surface area contributed by atoms with Crippen LogP contribution in [-0.2, 0) is 6.18 Å². The summed E-state index contributed by atoms with van der Waals surface area (Å²) in [7, 11) is 2.62. The fourth-order valence-electron chi connectivity index (χ4n) is 5.35. The Morgan fingerprint density at radius 1 is 1.07 bits per heavy atom. The highest BCUT2D eigenvalue weighted by Gasteiger charge is 2.42. The van der Waals surface area contributed by atoms with Crippen LogP contribution in [0.4, 0.5) is 13.2 Å². The van der Waals surface area contributed by atoms with Crippen LogP contribution in [0.3, 0.4) is 0 Å². The average Bonchev–Trinajstić information content (AvgIpc) is 3.40. The molecule has 0 saturated carbocycles. The number of amides is 1. The number of methoxy groups -OCH3 is 2. The van der Waals surface area contributed by atoms with Gasteiger partial charge in [0.2, 0.25) is 0 Å². The molecule has 41 heavy (non-hydrogen) atoms. The highest BCUT2D eigenvalue weighted by atomic mass is 19.4. The number of hydrogen-bond acceptors (Lipinski definition) is 7. The fourth-order valence-corrected chi connectivity index (χ4v) is 5.35. The Kier molecular flexibility index (Phi) is 7.87. The van der Waals surface area contributed by atoms with E-state index in [1.54, 1.807) is 29.2 Å². The van der Waals surface area contributed by atoms with Crippen LogP contribution < -0.4 is 9.47 Å². The number of aliphatic hydroxyl groups excluding tert-OH is 1. The van der Waals surface area contributed by atoms with Gasteiger partial charge in [-0.05, 0) is 36.8 Å². The molecule has 2 aromatic heterocycles. The van der Waals surface area contributed by atoms with Crippen molar-refractivity contribution in [3.05, 3.63) is 77.6 Å². The van der Waals surface area contributed by atoms with Crippen LogP contribution in [0.25, 0.3) is 16.9 Å². The van der Waals surface area contributed by atoms with Gasteiger partial charge >= 0.3 is 6.18 Å². The van der Waals surface area contributed by atoms with Crippen molar-refractivity contribution in [2.45, 2.75) is 25.2 Å². The minimum Gasteiger partial charge on any atom is -0.497 e. The number of nitrogens with zero attached hydrogens (tertiary/aromatic N) is 5. The Bertz CT molecular complexity index is 1530. The number of aliphatic hydroxyl groups is 1.